The number of pyridine rings is 2. The zero-order valence-corrected chi connectivity index (χ0v) is 12.2. The molecule has 0 amide bonds. The van der Waals surface area contributed by atoms with E-state index in [9.17, 15) is 0 Å². The Hall–Kier alpha value is -2.94. The van der Waals surface area contributed by atoms with E-state index in [1.54, 1.807) is 0 Å². The quantitative estimate of drug-likeness (QED) is 0.584. The van der Waals surface area contributed by atoms with Gasteiger partial charge in [0.1, 0.15) is 0 Å². The van der Waals surface area contributed by atoms with Crippen molar-refractivity contribution in [2.75, 3.05) is 0 Å². The number of hydrogen-bond donors (Lipinski definition) is 1. The van der Waals surface area contributed by atoms with Crippen molar-refractivity contribution >= 4 is 10.9 Å². The SMILES string of the molecule is Cc1cc(-c2cc3ccncc3[nH]2)ccc1-c1ccncc1. The maximum absolute atomic E-state index is 4.15. The molecule has 0 aliphatic carbocycles. The zero-order valence-electron chi connectivity index (χ0n) is 12.2. The Morgan fingerprint density at radius 2 is 1.64 bits per heavy atom. The smallest absolute Gasteiger partial charge is 0.0645 e. The largest absolute Gasteiger partial charge is 0.353 e. The molecule has 1 aromatic carbocycles. The highest BCUT2D eigenvalue weighted by Gasteiger charge is 2.07. The molecule has 3 heteroatoms. The van der Waals surface area contributed by atoms with Gasteiger partial charge in [-0.25, -0.2) is 0 Å². The van der Waals surface area contributed by atoms with Crippen molar-refractivity contribution in [2.24, 2.45) is 0 Å². The molecular formula is C19H15N3. The van der Waals surface area contributed by atoms with Gasteiger partial charge in [0.25, 0.3) is 0 Å². The van der Waals surface area contributed by atoms with Gasteiger partial charge in [-0.1, -0.05) is 12.1 Å². The number of fused-ring (bicyclic) bond motifs is 1. The Balaban J connectivity index is 1.79. The van der Waals surface area contributed by atoms with E-state index in [4.69, 9.17) is 0 Å². The predicted molar refractivity (Wildman–Crippen MR) is 89.5 cm³/mol. The molecule has 4 rings (SSSR count). The molecule has 0 saturated carbocycles. The van der Waals surface area contributed by atoms with E-state index in [0.717, 1.165) is 11.2 Å². The highest BCUT2D eigenvalue weighted by atomic mass is 14.7. The molecule has 0 aliphatic heterocycles. The monoisotopic (exact) mass is 285 g/mol. The summed E-state index contributed by atoms with van der Waals surface area (Å²) in [5.74, 6) is 0. The van der Waals surface area contributed by atoms with Gasteiger partial charge in [-0.3, -0.25) is 9.97 Å². The minimum atomic E-state index is 1.06. The number of H-pyrrole nitrogens is 1. The van der Waals surface area contributed by atoms with Crippen molar-refractivity contribution in [3.8, 4) is 22.4 Å². The molecule has 0 radical (unpaired) electrons. The summed E-state index contributed by atoms with van der Waals surface area (Å²) in [6.45, 7) is 2.14. The van der Waals surface area contributed by atoms with E-state index in [-0.39, 0.29) is 0 Å². The van der Waals surface area contributed by atoms with Gasteiger partial charge in [0.15, 0.2) is 0 Å². The summed E-state index contributed by atoms with van der Waals surface area (Å²) < 4.78 is 0. The van der Waals surface area contributed by atoms with Crippen LogP contribution in [0.25, 0.3) is 33.3 Å². The van der Waals surface area contributed by atoms with Crippen molar-refractivity contribution in [1.82, 2.24) is 15.0 Å². The van der Waals surface area contributed by atoms with Crippen LogP contribution in [0.2, 0.25) is 0 Å². The maximum atomic E-state index is 4.15. The second-order valence-corrected chi connectivity index (χ2v) is 5.41. The summed E-state index contributed by atoms with van der Waals surface area (Å²) in [7, 11) is 0. The van der Waals surface area contributed by atoms with Crippen molar-refractivity contribution < 1.29 is 0 Å². The molecule has 22 heavy (non-hydrogen) atoms. The topological polar surface area (TPSA) is 41.6 Å². The molecule has 0 spiro atoms. The van der Waals surface area contributed by atoms with Crippen molar-refractivity contribution in [3.63, 3.8) is 0 Å². The number of nitrogens with one attached hydrogen (secondary N) is 1. The molecule has 3 heterocycles. The molecular weight excluding hydrogens is 270 g/mol. The number of hydrogen-bond acceptors (Lipinski definition) is 2. The highest BCUT2D eigenvalue weighted by molar-refractivity contribution is 5.85. The summed E-state index contributed by atoms with van der Waals surface area (Å²) in [5.41, 5.74) is 7.05. The fourth-order valence-corrected chi connectivity index (χ4v) is 2.81. The van der Waals surface area contributed by atoms with E-state index in [0.29, 0.717) is 0 Å². The van der Waals surface area contributed by atoms with E-state index in [1.165, 1.54) is 27.6 Å². The van der Waals surface area contributed by atoms with Crippen molar-refractivity contribution in [2.45, 2.75) is 6.92 Å². The molecule has 0 aliphatic rings. The Labute approximate surface area is 128 Å². The van der Waals surface area contributed by atoms with Crippen LogP contribution in [-0.4, -0.2) is 15.0 Å². The van der Waals surface area contributed by atoms with Gasteiger partial charge in [-0.15, -0.1) is 0 Å². The van der Waals surface area contributed by atoms with Gasteiger partial charge in [-0.05, 0) is 59.5 Å². The third kappa shape index (κ3) is 2.17. The van der Waals surface area contributed by atoms with Crippen LogP contribution in [-0.2, 0) is 0 Å². The van der Waals surface area contributed by atoms with E-state index >= 15 is 0 Å². The first-order valence-electron chi connectivity index (χ1n) is 7.25. The molecule has 106 valence electrons. The Bertz CT molecular complexity index is 906. The highest BCUT2D eigenvalue weighted by Crippen LogP contribution is 2.29. The third-order valence-corrected chi connectivity index (χ3v) is 3.95. The fraction of sp³-hybridized carbons (Fsp3) is 0.0526. The van der Waals surface area contributed by atoms with Gasteiger partial charge in [0.05, 0.1) is 11.7 Å². The Kier molecular flexibility index (Phi) is 2.97. The lowest BCUT2D eigenvalue weighted by molar-refractivity contribution is 1.32. The first-order valence-corrected chi connectivity index (χ1v) is 7.25. The molecule has 0 fully saturated rings. The molecule has 4 aromatic rings. The van der Waals surface area contributed by atoms with Gasteiger partial charge in [0.2, 0.25) is 0 Å². The van der Waals surface area contributed by atoms with E-state index < -0.39 is 0 Å². The van der Waals surface area contributed by atoms with Gasteiger partial charge in [-0.2, -0.15) is 0 Å². The minimum absolute atomic E-state index is 1.06. The molecule has 3 aromatic heterocycles. The van der Waals surface area contributed by atoms with Gasteiger partial charge >= 0.3 is 0 Å². The lowest BCUT2D eigenvalue weighted by atomic mass is 9.98. The van der Waals surface area contributed by atoms with Crippen LogP contribution in [0, 0.1) is 6.92 Å². The summed E-state index contributed by atoms with van der Waals surface area (Å²) in [6.07, 6.45) is 7.33. The normalized spacial score (nSPS) is 11.0. The summed E-state index contributed by atoms with van der Waals surface area (Å²) in [5, 5.41) is 1.18. The second-order valence-electron chi connectivity index (χ2n) is 5.41. The lowest BCUT2D eigenvalue weighted by Gasteiger charge is -2.08. The molecule has 0 bridgehead atoms. The van der Waals surface area contributed by atoms with Crippen LogP contribution in [0.4, 0.5) is 0 Å². The summed E-state index contributed by atoms with van der Waals surface area (Å²) >= 11 is 0. The Morgan fingerprint density at radius 3 is 2.41 bits per heavy atom. The van der Waals surface area contributed by atoms with E-state index in [2.05, 4.69) is 46.1 Å². The number of nitrogens with zero attached hydrogens (tertiary/aromatic N) is 2. The maximum Gasteiger partial charge on any atom is 0.0645 e. The van der Waals surface area contributed by atoms with Crippen LogP contribution in [0.15, 0.2) is 67.3 Å². The minimum Gasteiger partial charge on any atom is -0.353 e. The van der Waals surface area contributed by atoms with Gasteiger partial charge < -0.3 is 4.98 Å². The van der Waals surface area contributed by atoms with Crippen LogP contribution in [0.3, 0.4) is 0 Å². The number of aromatic nitrogens is 3. The number of aryl methyl sites for hydroxylation is 1. The molecule has 0 unspecified atom stereocenters. The summed E-state index contributed by atoms with van der Waals surface area (Å²) in [4.78, 5) is 11.7. The summed E-state index contributed by atoms with van der Waals surface area (Å²) in [6, 6.07) is 14.8. The predicted octanol–water partition coefficient (Wildman–Crippen LogP) is 4.60. The second kappa shape index (κ2) is 5.11. The molecule has 3 nitrogen and oxygen atoms in total. The number of benzene rings is 1. The molecule has 0 saturated heterocycles. The zero-order chi connectivity index (χ0) is 14.9. The van der Waals surface area contributed by atoms with Crippen LogP contribution in [0.1, 0.15) is 5.56 Å². The van der Waals surface area contributed by atoms with Crippen LogP contribution in [0.5, 0.6) is 0 Å². The number of aromatic amines is 1. The third-order valence-electron chi connectivity index (χ3n) is 3.95. The first-order chi connectivity index (χ1) is 10.8. The average Bonchev–Trinajstić information content (AvgIpc) is 2.99. The average molecular weight is 285 g/mol. The van der Waals surface area contributed by atoms with Gasteiger partial charge in [0, 0.05) is 29.7 Å². The molecule has 1 N–H and O–H groups in total. The van der Waals surface area contributed by atoms with Crippen molar-refractivity contribution in [1.29, 1.82) is 0 Å². The van der Waals surface area contributed by atoms with Crippen molar-refractivity contribution in [3.05, 3.63) is 72.8 Å². The Morgan fingerprint density at radius 1 is 0.818 bits per heavy atom. The lowest BCUT2D eigenvalue weighted by Crippen LogP contribution is -1.86. The fourth-order valence-electron chi connectivity index (χ4n) is 2.81. The standard InChI is InChI=1S/C19H15N3/c1-13-10-15(2-3-17(13)14-4-7-20-8-5-14)18-11-16-6-9-21-12-19(16)22-18/h2-12,22H,1H3. The first kappa shape index (κ1) is 12.8. The van der Waals surface area contributed by atoms with E-state index in [1.807, 2.05) is 43.0 Å². The number of rotatable bonds is 2. The van der Waals surface area contributed by atoms with Crippen LogP contribution < -0.4 is 0 Å². The molecule has 0 atom stereocenters. The van der Waals surface area contributed by atoms with Crippen LogP contribution >= 0.6 is 0 Å².